The maximum absolute atomic E-state index is 13.4. The highest BCUT2D eigenvalue weighted by Crippen LogP contribution is 2.23. The number of aromatic nitrogens is 2. The molecular formula is C16H15ClFN3O3S. The van der Waals surface area contributed by atoms with Crippen molar-refractivity contribution in [2.75, 3.05) is 13.2 Å². The molecular weight excluding hydrogens is 369 g/mol. The predicted molar refractivity (Wildman–Crippen MR) is 95.3 cm³/mol. The molecule has 1 saturated heterocycles. The first kappa shape index (κ1) is 17.8. The molecule has 0 amide bonds. The second-order valence-electron chi connectivity index (χ2n) is 5.56. The number of H-pyrrole nitrogens is 1. The van der Waals surface area contributed by atoms with Crippen LogP contribution in [0.25, 0.3) is 5.69 Å². The summed E-state index contributed by atoms with van der Waals surface area (Å²) in [6, 6.07) is 3.84. The quantitative estimate of drug-likeness (QED) is 0.628. The summed E-state index contributed by atoms with van der Waals surface area (Å²) in [5, 5.41) is 10.3. The van der Waals surface area contributed by atoms with Gasteiger partial charge in [0.15, 0.2) is 4.77 Å². The van der Waals surface area contributed by atoms with E-state index in [0.717, 1.165) is 18.9 Å². The Morgan fingerprint density at radius 2 is 2.36 bits per heavy atom. The van der Waals surface area contributed by atoms with Gasteiger partial charge in [-0.25, -0.2) is 4.39 Å². The van der Waals surface area contributed by atoms with Gasteiger partial charge in [0.25, 0.3) is 5.56 Å². The van der Waals surface area contributed by atoms with Crippen LogP contribution in [-0.2, 0) is 4.74 Å². The number of nitrogens with one attached hydrogen (secondary N) is 1. The second kappa shape index (κ2) is 7.47. The Labute approximate surface area is 152 Å². The monoisotopic (exact) mass is 383 g/mol. The lowest BCUT2D eigenvalue weighted by Gasteiger charge is -2.12. The summed E-state index contributed by atoms with van der Waals surface area (Å²) in [6.07, 6.45) is 3.21. The van der Waals surface area contributed by atoms with Crippen molar-refractivity contribution in [1.82, 2.24) is 9.55 Å². The zero-order chi connectivity index (χ0) is 18.0. The zero-order valence-electron chi connectivity index (χ0n) is 13.0. The number of hydrogen-bond acceptors (Lipinski definition) is 5. The molecule has 0 saturated carbocycles. The minimum Gasteiger partial charge on any atom is -0.494 e. The van der Waals surface area contributed by atoms with Gasteiger partial charge in [-0.1, -0.05) is 11.6 Å². The number of rotatable bonds is 4. The molecule has 3 rings (SSSR count). The van der Waals surface area contributed by atoms with Crippen LogP contribution in [0, 0.1) is 10.6 Å². The molecule has 2 N–H and O–H groups in total. The van der Waals surface area contributed by atoms with Crippen LogP contribution in [0.1, 0.15) is 18.4 Å². The Balaban J connectivity index is 1.99. The molecule has 9 heteroatoms. The summed E-state index contributed by atoms with van der Waals surface area (Å²) in [5.41, 5.74) is -0.297. The van der Waals surface area contributed by atoms with Crippen LogP contribution < -0.4 is 5.56 Å². The number of halogens is 2. The van der Waals surface area contributed by atoms with E-state index in [4.69, 9.17) is 28.6 Å². The Morgan fingerprint density at radius 1 is 1.56 bits per heavy atom. The van der Waals surface area contributed by atoms with Gasteiger partial charge < -0.3 is 9.84 Å². The second-order valence-corrected chi connectivity index (χ2v) is 6.35. The number of aliphatic imine (C=N–C) groups is 1. The molecule has 1 aromatic heterocycles. The van der Waals surface area contributed by atoms with E-state index in [9.17, 15) is 14.3 Å². The molecule has 2 aromatic rings. The van der Waals surface area contributed by atoms with Crippen LogP contribution in [0.3, 0.4) is 0 Å². The molecule has 1 aliphatic rings. The SMILES string of the molecule is O=c1[nH]c(=S)n(-c2ccc(F)c(Cl)c2)c(O)c1C=NC[C@@H]1CCCO1. The van der Waals surface area contributed by atoms with Crippen molar-refractivity contribution in [3.8, 4) is 11.6 Å². The van der Waals surface area contributed by atoms with Crippen LogP contribution in [0.5, 0.6) is 5.88 Å². The normalized spacial score (nSPS) is 17.4. The smallest absolute Gasteiger partial charge is 0.264 e. The predicted octanol–water partition coefficient (Wildman–Crippen LogP) is 2.99. The average molecular weight is 384 g/mol. The van der Waals surface area contributed by atoms with E-state index < -0.39 is 17.3 Å². The van der Waals surface area contributed by atoms with E-state index in [1.54, 1.807) is 0 Å². The number of benzene rings is 1. The van der Waals surface area contributed by atoms with Crippen molar-refractivity contribution in [2.45, 2.75) is 18.9 Å². The summed E-state index contributed by atoms with van der Waals surface area (Å²) in [7, 11) is 0. The Bertz CT molecular complexity index is 935. The highest BCUT2D eigenvalue weighted by molar-refractivity contribution is 7.71. The van der Waals surface area contributed by atoms with Gasteiger partial charge in [-0.2, -0.15) is 0 Å². The van der Waals surface area contributed by atoms with E-state index in [1.165, 1.54) is 22.9 Å². The third-order valence-corrected chi connectivity index (χ3v) is 4.41. The highest BCUT2D eigenvalue weighted by Gasteiger charge is 2.16. The van der Waals surface area contributed by atoms with Gasteiger partial charge in [0, 0.05) is 12.8 Å². The van der Waals surface area contributed by atoms with Gasteiger partial charge in [0.05, 0.1) is 23.4 Å². The summed E-state index contributed by atoms with van der Waals surface area (Å²) in [5.74, 6) is -0.994. The topological polar surface area (TPSA) is 79.6 Å². The number of nitrogens with zero attached hydrogens (tertiary/aromatic N) is 2. The van der Waals surface area contributed by atoms with Crippen molar-refractivity contribution >= 4 is 30.0 Å². The third kappa shape index (κ3) is 3.81. The zero-order valence-corrected chi connectivity index (χ0v) is 14.6. The van der Waals surface area contributed by atoms with Gasteiger partial charge in [-0.15, -0.1) is 0 Å². The molecule has 1 aromatic carbocycles. The fraction of sp³-hybridized carbons (Fsp3) is 0.312. The minimum atomic E-state index is -0.598. The van der Waals surface area contributed by atoms with E-state index in [2.05, 4.69) is 9.98 Å². The molecule has 0 spiro atoms. The van der Waals surface area contributed by atoms with Gasteiger partial charge in [0.1, 0.15) is 11.4 Å². The fourth-order valence-corrected chi connectivity index (χ4v) is 3.03. The number of ether oxygens (including phenoxy) is 1. The largest absolute Gasteiger partial charge is 0.494 e. The average Bonchev–Trinajstić information content (AvgIpc) is 3.07. The van der Waals surface area contributed by atoms with E-state index in [0.29, 0.717) is 18.8 Å². The molecule has 0 unspecified atom stereocenters. The van der Waals surface area contributed by atoms with Crippen molar-refractivity contribution in [3.05, 3.63) is 49.7 Å². The molecule has 0 bridgehead atoms. The Morgan fingerprint density at radius 3 is 3.04 bits per heavy atom. The Kier molecular flexibility index (Phi) is 5.31. The third-order valence-electron chi connectivity index (χ3n) is 3.84. The standard InChI is InChI=1S/C16H15ClFN3O3S/c17-12-6-9(3-4-13(12)18)21-15(23)11(14(22)20-16(21)25)8-19-7-10-2-1-5-24-10/h3-4,6,8,10,23H,1-2,5,7H2,(H,20,22,25)/t10-/m0/s1. The molecule has 0 aliphatic carbocycles. The van der Waals surface area contributed by atoms with Crippen molar-refractivity contribution < 1.29 is 14.2 Å². The van der Waals surface area contributed by atoms with Crippen molar-refractivity contribution in [3.63, 3.8) is 0 Å². The molecule has 2 heterocycles. The lowest BCUT2D eigenvalue weighted by molar-refractivity contribution is 0.118. The maximum Gasteiger partial charge on any atom is 0.264 e. The lowest BCUT2D eigenvalue weighted by atomic mass is 10.2. The summed E-state index contributed by atoms with van der Waals surface area (Å²) < 4.78 is 20.0. The lowest BCUT2D eigenvalue weighted by Crippen LogP contribution is -2.18. The summed E-state index contributed by atoms with van der Waals surface area (Å²) >= 11 is 10.9. The van der Waals surface area contributed by atoms with Crippen molar-refractivity contribution in [1.29, 1.82) is 0 Å². The maximum atomic E-state index is 13.4. The van der Waals surface area contributed by atoms with Crippen LogP contribution in [0.2, 0.25) is 5.02 Å². The van der Waals surface area contributed by atoms with Crippen LogP contribution in [-0.4, -0.2) is 40.1 Å². The van der Waals surface area contributed by atoms with Crippen molar-refractivity contribution in [2.24, 2.45) is 4.99 Å². The number of hydrogen-bond donors (Lipinski definition) is 2. The molecule has 25 heavy (non-hydrogen) atoms. The first-order valence-electron chi connectivity index (χ1n) is 7.62. The number of aromatic amines is 1. The number of aromatic hydroxyl groups is 1. The molecule has 6 nitrogen and oxygen atoms in total. The van der Waals surface area contributed by atoms with Crippen LogP contribution in [0.4, 0.5) is 4.39 Å². The fourth-order valence-electron chi connectivity index (χ4n) is 2.57. The molecule has 1 aliphatic heterocycles. The first-order valence-corrected chi connectivity index (χ1v) is 8.41. The van der Waals surface area contributed by atoms with Gasteiger partial charge >= 0.3 is 0 Å². The van der Waals surface area contributed by atoms with E-state index >= 15 is 0 Å². The molecule has 1 atom stereocenters. The van der Waals surface area contributed by atoms with Gasteiger partial charge in [-0.3, -0.25) is 19.3 Å². The van der Waals surface area contributed by atoms with Gasteiger partial charge in [0.2, 0.25) is 5.88 Å². The first-order chi connectivity index (χ1) is 12.0. The van der Waals surface area contributed by atoms with Crippen LogP contribution in [0.15, 0.2) is 28.0 Å². The minimum absolute atomic E-state index is 0.0266. The van der Waals surface area contributed by atoms with Crippen LogP contribution >= 0.6 is 23.8 Å². The summed E-state index contributed by atoms with van der Waals surface area (Å²) in [4.78, 5) is 18.7. The summed E-state index contributed by atoms with van der Waals surface area (Å²) in [6.45, 7) is 1.11. The van der Waals surface area contributed by atoms with E-state index in [1.807, 2.05) is 0 Å². The van der Waals surface area contributed by atoms with Gasteiger partial charge in [-0.05, 0) is 43.3 Å². The Hall–Kier alpha value is -2.03. The molecule has 0 radical (unpaired) electrons. The van der Waals surface area contributed by atoms with E-state index in [-0.39, 0.29) is 21.5 Å². The highest BCUT2D eigenvalue weighted by atomic mass is 35.5. The molecule has 1 fully saturated rings. The molecule has 132 valence electrons.